The van der Waals surface area contributed by atoms with Gasteiger partial charge in [0.1, 0.15) is 0 Å². The van der Waals surface area contributed by atoms with Crippen LogP contribution in [0.4, 0.5) is 5.69 Å². The molecule has 1 aliphatic rings. The number of nitrogens with zero attached hydrogens (tertiary/aromatic N) is 1. The van der Waals surface area contributed by atoms with E-state index in [1.807, 2.05) is 0 Å². The van der Waals surface area contributed by atoms with Crippen LogP contribution in [-0.4, -0.2) is 50.7 Å². The van der Waals surface area contributed by atoms with Crippen LogP contribution in [0.1, 0.15) is 22.3 Å². The summed E-state index contributed by atoms with van der Waals surface area (Å²) < 4.78 is 32.7. The zero-order chi connectivity index (χ0) is 21.7. The van der Waals surface area contributed by atoms with Gasteiger partial charge in [-0.3, -0.25) is 4.79 Å². The van der Waals surface area contributed by atoms with E-state index in [1.165, 1.54) is 32.8 Å². The van der Waals surface area contributed by atoms with Crippen molar-refractivity contribution in [2.24, 2.45) is 0 Å². The minimum atomic E-state index is -3.62. The van der Waals surface area contributed by atoms with Gasteiger partial charge in [-0.2, -0.15) is 4.31 Å². The van der Waals surface area contributed by atoms with E-state index in [4.69, 9.17) is 4.74 Å². The lowest BCUT2D eigenvalue weighted by Crippen LogP contribution is -2.40. The number of hydrogen-bond donors (Lipinski definition) is 1. The molecule has 2 aromatic carbocycles. The Kier molecular flexibility index (Phi) is 7.57. The Hall–Kier alpha value is -1.87. The van der Waals surface area contributed by atoms with Crippen LogP contribution in [0, 0.1) is 20.8 Å². The van der Waals surface area contributed by atoms with Gasteiger partial charge in [-0.25, -0.2) is 8.42 Å². The van der Waals surface area contributed by atoms with Crippen molar-refractivity contribution < 1.29 is 17.9 Å². The summed E-state index contributed by atoms with van der Waals surface area (Å²) in [4.78, 5) is 12.6. The van der Waals surface area contributed by atoms with Crippen LogP contribution in [0.3, 0.4) is 0 Å². The van der Waals surface area contributed by atoms with Crippen LogP contribution >= 0.6 is 11.8 Å². The predicted octanol–water partition coefficient (Wildman–Crippen LogP) is 3.50. The van der Waals surface area contributed by atoms with Crippen LogP contribution in [0.5, 0.6) is 0 Å². The Bertz CT molecular complexity index is 996. The number of carbonyl (C=O) groups is 1. The highest BCUT2D eigenvalue weighted by Crippen LogP contribution is 2.25. The number of carbonyl (C=O) groups excluding carboxylic acids is 1. The van der Waals surface area contributed by atoms with Crippen LogP contribution in [0.25, 0.3) is 0 Å². The summed E-state index contributed by atoms with van der Waals surface area (Å²) in [6.07, 6.45) is 0. The zero-order valence-electron chi connectivity index (χ0n) is 17.6. The first-order valence-corrected chi connectivity index (χ1v) is 12.5. The molecule has 2 aromatic rings. The van der Waals surface area contributed by atoms with E-state index >= 15 is 0 Å². The SMILES string of the molecule is Cc1cc(C)cc(CSCC(=O)Nc2ccc(C)c(S(=O)(=O)N3CCOCC3)c2)c1. The molecule has 0 bridgehead atoms. The third kappa shape index (κ3) is 5.85. The lowest BCUT2D eigenvalue weighted by molar-refractivity contribution is -0.113. The Morgan fingerprint density at radius 3 is 2.40 bits per heavy atom. The first kappa shape index (κ1) is 22.8. The van der Waals surface area contributed by atoms with Gasteiger partial charge in [0.05, 0.1) is 23.9 Å². The normalized spacial score (nSPS) is 15.2. The Morgan fingerprint density at radius 2 is 1.73 bits per heavy atom. The van der Waals surface area contributed by atoms with Crippen LogP contribution in [-0.2, 0) is 25.3 Å². The molecule has 3 rings (SSSR count). The van der Waals surface area contributed by atoms with Gasteiger partial charge in [0.15, 0.2) is 0 Å². The smallest absolute Gasteiger partial charge is 0.243 e. The number of amides is 1. The number of rotatable bonds is 7. The zero-order valence-corrected chi connectivity index (χ0v) is 19.2. The first-order valence-electron chi connectivity index (χ1n) is 9.89. The van der Waals surface area contributed by atoms with Crippen LogP contribution in [0.2, 0.25) is 0 Å². The van der Waals surface area contributed by atoms with Gasteiger partial charge < -0.3 is 10.1 Å². The van der Waals surface area contributed by atoms with Gasteiger partial charge in [0.2, 0.25) is 15.9 Å². The summed E-state index contributed by atoms with van der Waals surface area (Å²) in [5, 5.41) is 2.83. The van der Waals surface area contributed by atoms with E-state index in [0.29, 0.717) is 43.3 Å². The van der Waals surface area contributed by atoms with Crippen LogP contribution in [0.15, 0.2) is 41.3 Å². The average Bonchev–Trinajstić information content (AvgIpc) is 2.69. The topological polar surface area (TPSA) is 75.7 Å². The number of thioether (sulfide) groups is 1. The minimum absolute atomic E-state index is 0.150. The lowest BCUT2D eigenvalue weighted by atomic mass is 10.1. The fourth-order valence-electron chi connectivity index (χ4n) is 3.49. The number of morpholine rings is 1. The highest BCUT2D eigenvalue weighted by Gasteiger charge is 2.28. The highest BCUT2D eigenvalue weighted by molar-refractivity contribution is 7.99. The number of nitrogens with one attached hydrogen (secondary N) is 1. The van der Waals surface area contributed by atoms with E-state index in [0.717, 1.165) is 5.75 Å². The molecule has 0 atom stereocenters. The van der Waals surface area contributed by atoms with Crippen molar-refractivity contribution in [1.82, 2.24) is 4.31 Å². The van der Waals surface area contributed by atoms with E-state index in [1.54, 1.807) is 25.1 Å². The second kappa shape index (κ2) is 9.96. The van der Waals surface area contributed by atoms with Crippen molar-refractivity contribution in [3.63, 3.8) is 0 Å². The Balaban J connectivity index is 1.62. The van der Waals surface area contributed by atoms with Gasteiger partial charge in [0, 0.05) is 24.5 Å². The quantitative estimate of drug-likeness (QED) is 0.702. The second-order valence-electron chi connectivity index (χ2n) is 7.53. The van der Waals surface area contributed by atoms with E-state index in [9.17, 15) is 13.2 Å². The molecule has 0 saturated carbocycles. The van der Waals surface area contributed by atoms with Crippen molar-refractivity contribution in [3.8, 4) is 0 Å². The summed E-state index contributed by atoms with van der Waals surface area (Å²) in [5.41, 5.74) is 4.76. The highest BCUT2D eigenvalue weighted by atomic mass is 32.2. The molecule has 1 saturated heterocycles. The minimum Gasteiger partial charge on any atom is -0.379 e. The van der Waals surface area contributed by atoms with Gasteiger partial charge in [0.25, 0.3) is 0 Å². The van der Waals surface area contributed by atoms with Crippen molar-refractivity contribution in [3.05, 3.63) is 58.7 Å². The summed E-state index contributed by atoms with van der Waals surface area (Å²) in [5.74, 6) is 0.898. The largest absolute Gasteiger partial charge is 0.379 e. The van der Waals surface area contributed by atoms with E-state index in [-0.39, 0.29) is 10.8 Å². The molecule has 1 aliphatic heterocycles. The molecular formula is C22H28N2O4S2. The molecule has 0 aliphatic carbocycles. The van der Waals surface area contributed by atoms with Gasteiger partial charge in [-0.05, 0) is 44.0 Å². The standard InChI is InChI=1S/C22H28N2O4S2/c1-16-10-17(2)12-19(11-16)14-29-15-22(25)23-20-5-4-18(3)21(13-20)30(26,27)24-6-8-28-9-7-24/h4-5,10-13H,6-9,14-15H2,1-3H3,(H,23,25). The van der Waals surface area contributed by atoms with Gasteiger partial charge in [-0.1, -0.05) is 35.4 Å². The molecule has 1 amide bonds. The maximum Gasteiger partial charge on any atom is 0.243 e. The molecular weight excluding hydrogens is 420 g/mol. The average molecular weight is 449 g/mol. The Labute approximate surface area is 183 Å². The number of benzene rings is 2. The lowest BCUT2D eigenvalue weighted by Gasteiger charge is -2.26. The summed E-state index contributed by atoms with van der Waals surface area (Å²) in [6, 6.07) is 11.4. The number of ether oxygens (including phenoxy) is 1. The molecule has 0 aromatic heterocycles. The maximum absolute atomic E-state index is 13.0. The number of anilines is 1. The summed E-state index contributed by atoms with van der Waals surface area (Å²) in [7, 11) is -3.62. The molecule has 1 heterocycles. The molecule has 0 radical (unpaired) electrons. The molecule has 1 N–H and O–H groups in total. The third-order valence-electron chi connectivity index (χ3n) is 4.84. The summed E-state index contributed by atoms with van der Waals surface area (Å²) >= 11 is 1.53. The van der Waals surface area contributed by atoms with Crippen molar-refractivity contribution in [2.75, 3.05) is 37.4 Å². The van der Waals surface area contributed by atoms with Gasteiger partial charge in [-0.15, -0.1) is 11.8 Å². The number of sulfonamides is 1. The van der Waals surface area contributed by atoms with E-state index < -0.39 is 10.0 Å². The van der Waals surface area contributed by atoms with Crippen molar-refractivity contribution in [2.45, 2.75) is 31.4 Å². The maximum atomic E-state index is 13.0. The van der Waals surface area contributed by atoms with Gasteiger partial charge >= 0.3 is 0 Å². The molecule has 8 heteroatoms. The fourth-order valence-corrected chi connectivity index (χ4v) is 5.91. The third-order valence-corrected chi connectivity index (χ3v) is 7.89. The second-order valence-corrected chi connectivity index (χ2v) is 10.4. The number of aryl methyl sites for hydroxylation is 3. The molecule has 0 unspecified atom stereocenters. The fraction of sp³-hybridized carbons (Fsp3) is 0.409. The van der Waals surface area contributed by atoms with Crippen molar-refractivity contribution in [1.29, 1.82) is 0 Å². The molecule has 30 heavy (non-hydrogen) atoms. The monoisotopic (exact) mass is 448 g/mol. The molecule has 0 spiro atoms. The first-order chi connectivity index (χ1) is 14.3. The predicted molar refractivity (Wildman–Crippen MR) is 121 cm³/mol. The number of hydrogen-bond acceptors (Lipinski definition) is 5. The van der Waals surface area contributed by atoms with Crippen LogP contribution < -0.4 is 5.32 Å². The molecule has 162 valence electrons. The summed E-state index contributed by atoms with van der Waals surface area (Å²) in [6.45, 7) is 7.36. The molecule has 1 fully saturated rings. The Morgan fingerprint density at radius 1 is 1.07 bits per heavy atom. The molecule has 6 nitrogen and oxygen atoms in total. The van der Waals surface area contributed by atoms with Crippen molar-refractivity contribution >= 4 is 33.4 Å². The van der Waals surface area contributed by atoms with E-state index in [2.05, 4.69) is 37.4 Å².